The van der Waals surface area contributed by atoms with Crippen LogP contribution in [-0.4, -0.2) is 21.5 Å². The van der Waals surface area contributed by atoms with Crippen molar-refractivity contribution in [2.75, 3.05) is 0 Å². The number of rotatable bonds is 3. The van der Waals surface area contributed by atoms with Crippen LogP contribution in [0.4, 0.5) is 0 Å². The van der Waals surface area contributed by atoms with E-state index >= 15 is 0 Å². The molecule has 1 atom stereocenters. The van der Waals surface area contributed by atoms with Crippen molar-refractivity contribution in [3.63, 3.8) is 0 Å². The predicted octanol–water partition coefficient (Wildman–Crippen LogP) is 1.81. The van der Waals surface area contributed by atoms with Gasteiger partial charge < -0.3 is 9.88 Å². The molecule has 1 amide bonds. The van der Waals surface area contributed by atoms with E-state index in [1.54, 1.807) is 6.20 Å². The van der Waals surface area contributed by atoms with Gasteiger partial charge >= 0.3 is 0 Å². The molecule has 1 heterocycles. The van der Waals surface area contributed by atoms with Crippen molar-refractivity contribution in [1.29, 1.82) is 0 Å². The Morgan fingerprint density at radius 1 is 1.56 bits per heavy atom. The molecule has 1 aromatic rings. The highest BCUT2D eigenvalue weighted by atomic mass is 16.2. The molecule has 0 aromatic carbocycles. The zero-order valence-electron chi connectivity index (χ0n) is 9.94. The lowest BCUT2D eigenvalue weighted by Gasteiger charge is -2.18. The van der Waals surface area contributed by atoms with E-state index in [0.29, 0.717) is 6.04 Å². The molecular weight excluding hydrogens is 202 g/mol. The Balaban J connectivity index is 1.96. The highest BCUT2D eigenvalue weighted by molar-refractivity contribution is 5.80. The van der Waals surface area contributed by atoms with Gasteiger partial charge in [-0.05, 0) is 26.7 Å². The molecule has 2 rings (SSSR count). The van der Waals surface area contributed by atoms with Crippen molar-refractivity contribution in [3.05, 3.63) is 18.2 Å². The molecule has 1 aliphatic carbocycles. The van der Waals surface area contributed by atoms with E-state index in [-0.39, 0.29) is 11.9 Å². The molecule has 1 unspecified atom stereocenters. The van der Waals surface area contributed by atoms with Crippen molar-refractivity contribution in [2.24, 2.45) is 0 Å². The van der Waals surface area contributed by atoms with Gasteiger partial charge in [0, 0.05) is 18.4 Å². The zero-order valence-corrected chi connectivity index (χ0v) is 9.94. The summed E-state index contributed by atoms with van der Waals surface area (Å²) in [4.78, 5) is 16.1. The van der Waals surface area contributed by atoms with Crippen molar-refractivity contribution < 1.29 is 4.79 Å². The number of aryl methyl sites for hydroxylation is 1. The molecule has 4 heteroatoms. The molecule has 1 fully saturated rings. The van der Waals surface area contributed by atoms with Crippen LogP contribution >= 0.6 is 0 Å². The van der Waals surface area contributed by atoms with Gasteiger partial charge in [-0.2, -0.15) is 0 Å². The third-order valence-electron chi connectivity index (χ3n) is 3.36. The average Bonchev–Trinajstić information content (AvgIpc) is 2.88. The van der Waals surface area contributed by atoms with E-state index in [0.717, 1.165) is 18.7 Å². The van der Waals surface area contributed by atoms with Gasteiger partial charge in [-0.15, -0.1) is 0 Å². The van der Waals surface area contributed by atoms with Crippen molar-refractivity contribution in [1.82, 2.24) is 14.9 Å². The summed E-state index contributed by atoms with van der Waals surface area (Å²) in [7, 11) is 0. The molecule has 1 aromatic heterocycles. The van der Waals surface area contributed by atoms with Crippen LogP contribution in [0.5, 0.6) is 0 Å². The predicted molar refractivity (Wildman–Crippen MR) is 62.1 cm³/mol. The second-order valence-corrected chi connectivity index (χ2v) is 4.55. The quantitative estimate of drug-likeness (QED) is 0.846. The second-order valence-electron chi connectivity index (χ2n) is 4.55. The van der Waals surface area contributed by atoms with E-state index < -0.39 is 0 Å². The number of amides is 1. The topological polar surface area (TPSA) is 46.9 Å². The van der Waals surface area contributed by atoms with Crippen molar-refractivity contribution in [3.8, 4) is 0 Å². The molecule has 16 heavy (non-hydrogen) atoms. The first-order valence-electron chi connectivity index (χ1n) is 5.98. The van der Waals surface area contributed by atoms with Crippen LogP contribution in [0.15, 0.2) is 12.4 Å². The third kappa shape index (κ3) is 2.26. The van der Waals surface area contributed by atoms with Gasteiger partial charge in [0.15, 0.2) is 0 Å². The minimum absolute atomic E-state index is 0.105. The monoisotopic (exact) mass is 221 g/mol. The number of carbonyl (C=O) groups excluding carboxylic acids is 1. The van der Waals surface area contributed by atoms with E-state index in [4.69, 9.17) is 0 Å². The van der Waals surface area contributed by atoms with E-state index in [9.17, 15) is 4.79 Å². The molecule has 88 valence electrons. The molecule has 0 aliphatic heterocycles. The Bertz CT molecular complexity index is 366. The number of hydrogen-bond donors (Lipinski definition) is 1. The first kappa shape index (κ1) is 11.2. The van der Waals surface area contributed by atoms with Crippen molar-refractivity contribution >= 4 is 5.91 Å². The lowest BCUT2D eigenvalue weighted by molar-refractivity contribution is -0.124. The smallest absolute Gasteiger partial charge is 0.243 e. The largest absolute Gasteiger partial charge is 0.352 e. The maximum atomic E-state index is 12.0. The van der Waals surface area contributed by atoms with Crippen LogP contribution < -0.4 is 5.32 Å². The number of hydrogen-bond acceptors (Lipinski definition) is 2. The average molecular weight is 221 g/mol. The summed E-state index contributed by atoms with van der Waals surface area (Å²) >= 11 is 0. The number of imidazole rings is 1. The van der Waals surface area contributed by atoms with Crippen LogP contribution in [0, 0.1) is 6.92 Å². The summed E-state index contributed by atoms with van der Waals surface area (Å²) in [5.74, 6) is 0.988. The highest BCUT2D eigenvalue weighted by Gasteiger charge is 2.21. The molecule has 1 aliphatic rings. The van der Waals surface area contributed by atoms with E-state index in [1.165, 1.54) is 12.8 Å². The van der Waals surface area contributed by atoms with Crippen LogP contribution in [0.25, 0.3) is 0 Å². The Kier molecular flexibility index (Phi) is 3.27. The minimum atomic E-state index is -0.164. The van der Waals surface area contributed by atoms with Gasteiger partial charge in [0.05, 0.1) is 0 Å². The molecule has 0 bridgehead atoms. The first-order chi connectivity index (χ1) is 7.68. The Labute approximate surface area is 96.1 Å². The third-order valence-corrected chi connectivity index (χ3v) is 3.36. The summed E-state index contributed by atoms with van der Waals surface area (Å²) in [6.45, 7) is 3.83. The van der Waals surface area contributed by atoms with E-state index in [1.807, 2.05) is 24.6 Å². The summed E-state index contributed by atoms with van der Waals surface area (Å²) in [6, 6.07) is 0.224. The van der Waals surface area contributed by atoms with Crippen LogP contribution in [0.1, 0.15) is 44.5 Å². The molecule has 1 N–H and O–H groups in total. The highest BCUT2D eigenvalue weighted by Crippen LogP contribution is 2.18. The standard InChI is InChI=1S/C12H19N3O/c1-9(15-8-7-13-10(15)2)12(16)14-11-5-3-4-6-11/h7-9,11H,3-6H2,1-2H3,(H,14,16). The van der Waals surface area contributed by atoms with Crippen LogP contribution in [0.2, 0.25) is 0 Å². The van der Waals surface area contributed by atoms with Gasteiger partial charge in [-0.1, -0.05) is 12.8 Å². The normalized spacial score (nSPS) is 18.6. The number of nitrogens with zero attached hydrogens (tertiary/aromatic N) is 2. The van der Waals surface area contributed by atoms with Gasteiger partial charge in [0.25, 0.3) is 0 Å². The lowest BCUT2D eigenvalue weighted by atomic mass is 10.2. The minimum Gasteiger partial charge on any atom is -0.352 e. The number of carbonyl (C=O) groups is 1. The Hall–Kier alpha value is -1.32. The van der Waals surface area contributed by atoms with Gasteiger partial charge in [0.2, 0.25) is 5.91 Å². The fraction of sp³-hybridized carbons (Fsp3) is 0.667. The lowest BCUT2D eigenvalue weighted by Crippen LogP contribution is -2.37. The fourth-order valence-electron chi connectivity index (χ4n) is 2.32. The molecule has 0 saturated heterocycles. The first-order valence-corrected chi connectivity index (χ1v) is 5.98. The van der Waals surface area contributed by atoms with Gasteiger partial charge in [0.1, 0.15) is 11.9 Å². The maximum Gasteiger partial charge on any atom is 0.243 e. The Morgan fingerprint density at radius 3 is 2.81 bits per heavy atom. The summed E-state index contributed by atoms with van der Waals surface area (Å²) in [6.07, 6.45) is 8.32. The number of aromatic nitrogens is 2. The zero-order chi connectivity index (χ0) is 11.5. The molecule has 1 saturated carbocycles. The van der Waals surface area contributed by atoms with Gasteiger partial charge in [-0.3, -0.25) is 4.79 Å². The molecule has 0 spiro atoms. The summed E-state index contributed by atoms with van der Waals surface area (Å²) < 4.78 is 1.91. The number of nitrogens with one attached hydrogen (secondary N) is 1. The fourth-order valence-corrected chi connectivity index (χ4v) is 2.32. The Morgan fingerprint density at radius 2 is 2.25 bits per heavy atom. The molecule has 0 radical (unpaired) electrons. The molecule has 4 nitrogen and oxygen atoms in total. The van der Waals surface area contributed by atoms with Crippen molar-refractivity contribution in [2.45, 2.75) is 51.6 Å². The second kappa shape index (κ2) is 4.68. The summed E-state index contributed by atoms with van der Waals surface area (Å²) in [5, 5.41) is 3.11. The SMILES string of the molecule is Cc1nccn1C(C)C(=O)NC1CCCC1. The van der Waals surface area contributed by atoms with E-state index in [2.05, 4.69) is 10.3 Å². The van der Waals surface area contributed by atoms with Gasteiger partial charge in [-0.25, -0.2) is 4.98 Å². The maximum absolute atomic E-state index is 12.0. The summed E-state index contributed by atoms with van der Waals surface area (Å²) in [5.41, 5.74) is 0. The van der Waals surface area contributed by atoms with Crippen LogP contribution in [-0.2, 0) is 4.79 Å². The van der Waals surface area contributed by atoms with Crippen LogP contribution in [0.3, 0.4) is 0 Å². The molecular formula is C12H19N3O.